The molecule has 2 aromatic rings. The number of benzene rings is 1. The maximum Gasteiger partial charge on any atom is 0.0459 e. The molecule has 1 aromatic carbocycles. The monoisotopic (exact) mass is 244 g/mol. The third kappa shape index (κ3) is 2.41. The summed E-state index contributed by atoms with van der Waals surface area (Å²) >= 11 is 0. The number of hydrogen-bond acceptors (Lipinski definition) is 3. The van der Waals surface area contributed by atoms with Crippen LogP contribution in [0.2, 0.25) is 0 Å². The molecule has 1 fully saturated rings. The van der Waals surface area contributed by atoms with Crippen LogP contribution in [0.15, 0.2) is 24.3 Å². The second-order valence-electron chi connectivity index (χ2n) is 4.95. The van der Waals surface area contributed by atoms with E-state index in [-0.39, 0.29) is 0 Å². The molecule has 0 radical (unpaired) electrons. The van der Waals surface area contributed by atoms with Gasteiger partial charge in [0.15, 0.2) is 0 Å². The Balaban J connectivity index is 1.79. The highest BCUT2D eigenvalue weighted by atomic mass is 15.2. The molecule has 0 aliphatic carbocycles. The van der Waals surface area contributed by atoms with Crippen molar-refractivity contribution >= 4 is 10.9 Å². The van der Waals surface area contributed by atoms with Crippen molar-refractivity contribution in [2.75, 3.05) is 26.2 Å². The molecule has 4 heteroatoms. The van der Waals surface area contributed by atoms with Gasteiger partial charge < -0.3 is 16.0 Å². The molecule has 0 amide bonds. The van der Waals surface area contributed by atoms with Crippen molar-refractivity contribution in [3.63, 3.8) is 0 Å². The van der Waals surface area contributed by atoms with Crippen molar-refractivity contribution in [2.24, 2.45) is 5.73 Å². The maximum absolute atomic E-state index is 5.67. The van der Waals surface area contributed by atoms with Gasteiger partial charge in [-0.3, -0.25) is 4.90 Å². The van der Waals surface area contributed by atoms with Crippen LogP contribution in [0.25, 0.3) is 10.9 Å². The van der Waals surface area contributed by atoms with Crippen LogP contribution < -0.4 is 11.1 Å². The first-order valence-corrected chi connectivity index (χ1v) is 6.59. The van der Waals surface area contributed by atoms with Crippen LogP contribution in [0.5, 0.6) is 0 Å². The molecular formula is C14H20N4. The van der Waals surface area contributed by atoms with E-state index in [1.165, 1.54) is 22.2 Å². The van der Waals surface area contributed by atoms with Gasteiger partial charge in [0.05, 0.1) is 0 Å². The van der Waals surface area contributed by atoms with Crippen LogP contribution in [0.4, 0.5) is 0 Å². The van der Waals surface area contributed by atoms with E-state index < -0.39 is 0 Å². The summed E-state index contributed by atoms with van der Waals surface area (Å²) in [5, 5.41) is 4.65. The number of H-pyrrole nitrogens is 1. The second kappa shape index (κ2) is 5.10. The van der Waals surface area contributed by atoms with E-state index in [1.54, 1.807) is 0 Å². The van der Waals surface area contributed by atoms with E-state index in [9.17, 15) is 0 Å². The molecule has 1 aromatic heterocycles. The van der Waals surface area contributed by atoms with Crippen LogP contribution in [0.3, 0.4) is 0 Å². The van der Waals surface area contributed by atoms with Gasteiger partial charge >= 0.3 is 0 Å². The minimum Gasteiger partial charge on any atom is -0.357 e. The lowest BCUT2D eigenvalue weighted by Crippen LogP contribution is -2.42. The first-order chi connectivity index (χ1) is 8.85. The van der Waals surface area contributed by atoms with Crippen LogP contribution in [-0.2, 0) is 13.1 Å². The van der Waals surface area contributed by atoms with Gasteiger partial charge in [0.1, 0.15) is 0 Å². The van der Waals surface area contributed by atoms with E-state index in [2.05, 4.69) is 39.5 Å². The minimum absolute atomic E-state index is 0.599. The Morgan fingerprint density at radius 2 is 2.00 bits per heavy atom. The number of aromatic nitrogens is 1. The van der Waals surface area contributed by atoms with Gasteiger partial charge in [-0.25, -0.2) is 0 Å². The summed E-state index contributed by atoms with van der Waals surface area (Å²) in [5.74, 6) is 0. The third-order valence-electron chi connectivity index (χ3n) is 3.58. The number of piperazine rings is 1. The predicted molar refractivity (Wildman–Crippen MR) is 74.3 cm³/mol. The molecule has 1 aliphatic rings. The molecule has 1 saturated heterocycles. The SMILES string of the molecule is NCc1ccc2cc(CN3CCNCC3)[nH]c2c1. The first-order valence-electron chi connectivity index (χ1n) is 6.59. The van der Waals surface area contributed by atoms with Gasteiger partial charge in [0.25, 0.3) is 0 Å². The van der Waals surface area contributed by atoms with Gasteiger partial charge in [0, 0.05) is 50.5 Å². The highest BCUT2D eigenvalue weighted by molar-refractivity contribution is 5.81. The average Bonchev–Trinajstić information content (AvgIpc) is 2.80. The summed E-state index contributed by atoms with van der Waals surface area (Å²) in [6, 6.07) is 8.65. The number of nitrogens with zero attached hydrogens (tertiary/aromatic N) is 1. The predicted octanol–water partition coefficient (Wildman–Crippen LogP) is 1.03. The molecular weight excluding hydrogens is 224 g/mol. The Morgan fingerprint density at radius 1 is 1.17 bits per heavy atom. The fraction of sp³-hybridized carbons (Fsp3) is 0.429. The summed E-state index contributed by atoms with van der Waals surface area (Å²) in [6.07, 6.45) is 0. The van der Waals surface area contributed by atoms with Crippen molar-refractivity contribution in [1.82, 2.24) is 15.2 Å². The lowest BCUT2D eigenvalue weighted by Gasteiger charge is -2.26. The molecule has 0 atom stereocenters. The standard InChI is InChI=1S/C14H20N4/c15-9-11-1-2-12-8-13(17-14(12)7-11)10-18-5-3-16-4-6-18/h1-2,7-8,16-17H,3-6,9-10,15H2. The Kier molecular flexibility index (Phi) is 3.32. The topological polar surface area (TPSA) is 57.1 Å². The zero-order valence-corrected chi connectivity index (χ0v) is 10.6. The van der Waals surface area contributed by atoms with Crippen LogP contribution in [-0.4, -0.2) is 36.1 Å². The van der Waals surface area contributed by atoms with Crippen molar-refractivity contribution in [3.05, 3.63) is 35.5 Å². The maximum atomic E-state index is 5.67. The smallest absolute Gasteiger partial charge is 0.0459 e. The fourth-order valence-electron chi connectivity index (χ4n) is 2.56. The van der Waals surface area contributed by atoms with Crippen molar-refractivity contribution in [3.8, 4) is 0 Å². The Bertz CT molecular complexity index is 526. The molecule has 0 saturated carbocycles. The Labute approximate surface area is 107 Å². The van der Waals surface area contributed by atoms with E-state index in [1.807, 2.05) is 0 Å². The van der Waals surface area contributed by atoms with Crippen LogP contribution in [0, 0.1) is 0 Å². The Hall–Kier alpha value is -1.36. The molecule has 4 nitrogen and oxygen atoms in total. The minimum atomic E-state index is 0.599. The third-order valence-corrected chi connectivity index (χ3v) is 3.58. The average molecular weight is 244 g/mol. The zero-order chi connectivity index (χ0) is 12.4. The van der Waals surface area contributed by atoms with Crippen LogP contribution >= 0.6 is 0 Å². The lowest BCUT2D eigenvalue weighted by molar-refractivity contribution is 0.231. The van der Waals surface area contributed by atoms with E-state index in [4.69, 9.17) is 5.73 Å². The van der Waals surface area contributed by atoms with Gasteiger partial charge in [0.2, 0.25) is 0 Å². The summed E-state index contributed by atoms with van der Waals surface area (Å²) in [4.78, 5) is 5.98. The molecule has 96 valence electrons. The number of nitrogens with two attached hydrogens (primary N) is 1. The highest BCUT2D eigenvalue weighted by Crippen LogP contribution is 2.18. The molecule has 3 rings (SSSR count). The molecule has 0 spiro atoms. The number of hydrogen-bond donors (Lipinski definition) is 3. The fourth-order valence-corrected chi connectivity index (χ4v) is 2.56. The van der Waals surface area contributed by atoms with Gasteiger partial charge in [-0.15, -0.1) is 0 Å². The van der Waals surface area contributed by atoms with Crippen molar-refractivity contribution < 1.29 is 0 Å². The number of aromatic amines is 1. The largest absolute Gasteiger partial charge is 0.357 e. The molecule has 2 heterocycles. The van der Waals surface area contributed by atoms with Gasteiger partial charge in [-0.05, 0) is 23.1 Å². The van der Waals surface area contributed by atoms with E-state index >= 15 is 0 Å². The molecule has 18 heavy (non-hydrogen) atoms. The summed E-state index contributed by atoms with van der Waals surface area (Å²) in [5.41, 5.74) is 9.34. The number of rotatable bonds is 3. The highest BCUT2D eigenvalue weighted by Gasteiger charge is 2.11. The van der Waals surface area contributed by atoms with E-state index in [0.29, 0.717) is 6.54 Å². The number of fused-ring (bicyclic) bond motifs is 1. The summed E-state index contributed by atoms with van der Waals surface area (Å²) in [7, 11) is 0. The molecule has 4 N–H and O–H groups in total. The molecule has 0 unspecified atom stereocenters. The molecule has 0 bridgehead atoms. The van der Waals surface area contributed by atoms with Crippen LogP contribution in [0.1, 0.15) is 11.3 Å². The normalized spacial score (nSPS) is 17.4. The second-order valence-corrected chi connectivity index (χ2v) is 4.95. The quantitative estimate of drug-likeness (QED) is 0.756. The number of nitrogens with one attached hydrogen (secondary N) is 2. The summed E-state index contributed by atoms with van der Waals surface area (Å²) in [6.45, 7) is 6.05. The van der Waals surface area contributed by atoms with E-state index in [0.717, 1.165) is 32.7 Å². The summed E-state index contributed by atoms with van der Waals surface area (Å²) < 4.78 is 0. The van der Waals surface area contributed by atoms with Crippen molar-refractivity contribution in [1.29, 1.82) is 0 Å². The Morgan fingerprint density at radius 3 is 2.78 bits per heavy atom. The molecule has 1 aliphatic heterocycles. The van der Waals surface area contributed by atoms with Gasteiger partial charge in [-0.2, -0.15) is 0 Å². The van der Waals surface area contributed by atoms with Gasteiger partial charge in [-0.1, -0.05) is 12.1 Å². The first kappa shape index (κ1) is 11.7. The zero-order valence-electron chi connectivity index (χ0n) is 10.6. The van der Waals surface area contributed by atoms with Crippen molar-refractivity contribution in [2.45, 2.75) is 13.1 Å². The lowest BCUT2D eigenvalue weighted by atomic mass is 10.1.